The summed E-state index contributed by atoms with van der Waals surface area (Å²) in [4.78, 5) is 0. The van der Waals surface area contributed by atoms with Crippen LogP contribution in [0.1, 0.15) is 0 Å². The number of hydrogen-bond acceptors (Lipinski definition) is 3. The smallest absolute Gasteiger partial charge is 0.120 e. The Morgan fingerprint density at radius 2 is 2.38 bits per heavy atom. The van der Waals surface area contributed by atoms with Crippen LogP contribution in [0.3, 0.4) is 0 Å². The Balaban J connectivity index is 2.26. The molecule has 1 atom stereocenters. The molecule has 1 aromatic carbocycles. The Bertz CT molecular complexity index is 362. The number of aliphatic hydroxyl groups excluding tert-OH is 1. The normalized spacial score (nSPS) is 11.8. The van der Waals surface area contributed by atoms with Crippen molar-refractivity contribution in [2.75, 3.05) is 19.7 Å². The van der Waals surface area contributed by atoms with E-state index in [1.807, 2.05) is 0 Å². The summed E-state index contributed by atoms with van der Waals surface area (Å²) in [7, 11) is 0. The lowest BCUT2D eigenvalue weighted by Crippen LogP contribution is -2.31. The van der Waals surface area contributed by atoms with Crippen molar-refractivity contribution in [3.8, 4) is 18.1 Å². The topological polar surface area (TPSA) is 41.5 Å². The monoisotopic (exact) mass is 239 g/mol. The van der Waals surface area contributed by atoms with Crippen molar-refractivity contribution < 1.29 is 9.84 Å². The maximum atomic E-state index is 9.52. The molecule has 3 nitrogen and oxygen atoms in total. The number of rotatable bonds is 6. The molecule has 0 saturated carbocycles. The lowest BCUT2D eigenvalue weighted by molar-refractivity contribution is 0.107. The second-order valence-corrected chi connectivity index (χ2v) is 3.69. The zero-order valence-electron chi connectivity index (χ0n) is 8.82. The molecule has 0 radical (unpaired) electrons. The average Bonchev–Trinajstić information content (AvgIpc) is 2.27. The van der Waals surface area contributed by atoms with Gasteiger partial charge < -0.3 is 15.2 Å². The summed E-state index contributed by atoms with van der Waals surface area (Å²) in [6.45, 7) is 1.05. The molecular weight excluding hydrogens is 226 g/mol. The van der Waals surface area contributed by atoms with Crippen LogP contribution in [-0.2, 0) is 0 Å². The number of hydrogen-bond donors (Lipinski definition) is 2. The third kappa shape index (κ3) is 5.04. The first kappa shape index (κ1) is 12.9. The maximum Gasteiger partial charge on any atom is 0.120 e. The van der Waals surface area contributed by atoms with E-state index in [0.29, 0.717) is 23.9 Å². The molecule has 1 rings (SSSR count). The molecule has 0 aliphatic rings. The Kier molecular flexibility index (Phi) is 5.73. The highest BCUT2D eigenvalue weighted by molar-refractivity contribution is 6.30. The Morgan fingerprint density at radius 1 is 1.56 bits per heavy atom. The van der Waals surface area contributed by atoms with Crippen molar-refractivity contribution in [1.29, 1.82) is 0 Å². The van der Waals surface area contributed by atoms with Gasteiger partial charge in [0.1, 0.15) is 18.5 Å². The van der Waals surface area contributed by atoms with Crippen molar-refractivity contribution in [2.45, 2.75) is 6.10 Å². The number of nitrogens with one attached hydrogen (secondary N) is 1. The molecule has 16 heavy (non-hydrogen) atoms. The van der Waals surface area contributed by atoms with E-state index in [9.17, 15) is 5.11 Å². The fourth-order valence-electron chi connectivity index (χ4n) is 1.12. The van der Waals surface area contributed by atoms with Gasteiger partial charge in [-0.2, -0.15) is 0 Å². The molecule has 0 aromatic heterocycles. The molecule has 4 heteroatoms. The maximum absolute atomic E-state index is 9.52. The molecule has 0 saturated heterocycles. The molecule has 2 N–H and O–H groups in total. The summed E-state index contributed by atoms with van der Waals surface area (Å²) in [5, 5.41) is 13.0. The van der Waals surface area contributed by atoms with E-state index < -0.39 is 6.10 Å². The molecule has 0 fully saturated rings. The third-order valence-electron chi connectivity index (χ3n) is 1.85. The van der Waals surface area contributed by atoms with E-state index in [2.05, 4.69) is 11.2 Å². The summed E-state index contributed by atoms with van der Waals surface area (Å²) in [6.07, 6.45) is 4.47. The van der Waals surface area contributed by atoms with Gasteiger partial charge >= 0.3 is 0 Å². The van der Waals surface area contributed by atoms with Gasteiger partial charge in [0.2, 0.25) is 0 Å². The summed E-state index contributed by atoms with van der Waals surface area (Å²) in [5.41, 5.74) is 0. The summed E-state index contributed by atoms with van der Waals surface area (Å²) in [5.74, 6) is 3.07. The van der Waals surface area contributed by atoms with Crippen molar-refractivity contribution in [2.24, 2.45) is 0 Å². The number of halogens is 1. The second kappa shape index (κ2) is 7.13. The van der Waals surface area contributed by atoms with Crippen LogP contribution in [-0.4, -0.2) is 30.9 Å². The molecular formula is C12H14ClNO2. The molecule has 0 heterocycles. The van der Waals surface area contributed by atoms with Crippen molar-refractivity contribution in [3.05, 3.63) is 29.3 Å². The van der Waals surface area contributed by atoms with E-state index >= 15 is 0 Å². The van der Waals surface area contributed by atoms with Gasteiger partial charge in [0.25, 0.3) is 0 Å². The molecule has 0 aliphatic carbocycles. The van der Waals surface area contributed by atoms with Gasteiger partial charge in [-0.3, -0.25) is 0 Å². The lowest BCUT2D eigenvalue weighted by Gasteiger charge is -2.12. The molecule has 86 valence electrons. The Morgan fingerprint density at radius 3 is 3.06 bits per heavy atom. The highest BCUT2D eigenvalue weighted by atomic mass is 35.5. The van der Waals surface area contributed by atoms with E-state index in [1.165, 1.54) is 0 Å². The first-order valence-electron chi connectivity index (χ1n) is 4.93. The number of terminal acetylenes is 1. The molecule has 0 amide bonds. The van der Waals surface area contributed by atoms with Crippen LogP contribution in [0.15, 0.2) is 24.3 Å². The van der Waals surface area contributed by atoms with Gasteiger partial charge in [0, 0.05) is 11.6 Å². The van der Waals surface area contributed by atoms with Gasteiger partial charge in [-0.25, -0.2) is 0 Å². The summed E-state index contributed by atoms with van der Waals surface area (Å²) in [6, 6.07) is 7.04. The summed E-state index contributed by atoms with van der Waals surface area (Å²) >= 11 is 5.79. The standard InChI is InChI=1S/C12H14ClNO2/c1-2-6-14-8-11(15)9-16-12-5-3-4-10(13)7-12/h1,3-5,7,11,14-15H,6,8-9H2. The van der Waals surface area contributed by atoms with Crippen molar-refractivity contribution >= 4 is 11.6 Å². The zero-order chi connectivity index (χ0) is 11.8. The molecule has 1 aromatic rings. The largest absolute Gasteiger partial charge is 0.491 e. The van der Waals surface area contributed by atoms with E-state index in [-0.39, 0.29) is 6.61 Å². The van der Waals surface area contributed by atoms with E-state index in [4.69, 9.17) is 22.8 Å². The number of benzene rings is 1. The highest BCUT2D eigenvalue weighted by Gasteiger charge is 2.04. The average molecular weight is 240 g/mol. The lowest BCUT2D eigenvalue weighted by atomic mass is 10.3. The second-order valence-electron chi connectivity index (χ2n) is 3.26. The quantitative estimate of drug-likeness (QED) is 0.581. The SMILES string of the molecule is C#CCNCC(O)COc1cccc(Cl)c1. The van der Waals surface area contributed by atoms with Crippen LogP contribution in [0, 0.1) is 12.3 Å². The van der Waals surface area contributed by atoms with Crippen LogP contribution in [0.2, 0.25) is 5.02 Å². The van der Waals surface area contributed by atoms with Crippen LogP contribution < -0.4 is 10.1 Å². The zero-order valence-corrected chi connectivity index (χ0v) is 9.57. The molecule has 0 aliphatic heterocycles. The van der Waals surface area contributed by atoms with Crippen LogP contribution in [0.4, 0.5) is 0 Å². The van der Waals surface area contributed by atoms with Gasteiger partial charge in [-0.15, -0.1) is 6.42 Å². The molecule has 0 spiro atoms. The van der Waals surface area contributed by atoms with Crippen molar-refractivity contribution in [1.82, 2.24) is 5.32 Å². The van der Waals surface area contributed by atoms with Crippen LogP contribution in [0.25, 0.3) is 0 Å². The molecule has 1 unspecified atom stereocenters. The minimum Gasteiger partial charge on any atom is -0.491 e. The summed E-state index contributed by atoms with van der Waals surface area (Å²) < 4.78 is 5.35. The highest BCUT2D eigenvalue weighted by Crippen LogP contribution is 2.16. The number of aliphatic hydroxyl groups is 1. The fraction of sp³-hybridized carbons (Fsp3) is 0.333. The minimum absolute atomic E-state index is 0.206. The van der Waals surface area contributed by atoms with E-state index in [0.717, 1.165) is 0 Å². The van der Waals surface area contributed by atoms with Crippen LogP contribution in [0.5, 0.6) is 5.75 Å². The van der Waals surface area contributed by atoms with Crippen molar-refractivity contribution in [3.63, 3.8) is 0 Å². The van der Waals surface area contributed by atoms with E-state index in [1.54, 1.807) is 24.3 Å². The Hall–Kier alpha value is -1.21. The molecule has 0 bridgehead atoms. The minimum atomic E-state index is -0.590. The van der Waals surface area contributed by atoms with Gasteiger partial charge in [0.15, 0.2) is 0 Å². The first-order chi connectivity index (χ1) is 7.72. The predicted molar refractivity (Wildman–Crippen MR) is 64.7 cm³/mol. The van der Waals surface area contributed by atoms with Gasteiger partial charge in [-0.05, 0) is 18.2 Å². The van der Waals surface area contributed by atoms with Crippen LogP contribution >= 0.6 is 11.6 Å². The van der Waals surface area contributed by atoms with Gasteiger partial charge in [-0.1, -0.05) is 23.6 Å². The number of ether oxygens (including phenoxy) is 1. The van der Waals surface area contributed by atoms with Gasteiger partial charge in [0.05, 0.1) is 6.54 Å². The predicted octanol–water partition coefficient (Wildman–Crippen LogP) is 1.30. The first-order valence-corrected chi connectivity index (χ1v) is 5.31. The fourth-order valence-corrected chi connectivity index (χ4v) is 1.30. The third-order valence-corrected chi connectivity index (χ3v) is 2.08. The Labute approximate surface area is 100 Å².